The molecule has 2 heteroatoms. The van der Waals surface area contributed by atoms with Crippen LogP contribution in [0.3, 0.4) is 0 Å². The number of nitrogens with one attached hydrogen (secondary N) is 1. The van der Waals surface area contributed by atoms with Crippen molar-refractivity contribution in [1.29, 1.82) is 0 Å². The Morgan fingerprint density at radius 2 is 1.85 bits per heavy atom. The average molecular weight is 187 g/mol. The number of hydrogen-bond acceptors (Lipinski definition) is 2. The minimum absolute atomic E-state index is 0.373. The Bertz CT molecular complexity index is 116. The van der Waals surface area contributed by atoms with Gasteiger partial charge in [0.15, 0.2) is 0 Å². The van der Waals surface area contributed by atoms with Gasteiger partial charge in [-0.1, -0.05) is 34.6 Å². The Balaban J connectivity index is 3.09. The molecule has 0 aromatic heterocycles. The van der Waals surface area contributed by atoms with E-state index < -0.39 is 0 Å². The number of hydrogen-bond donors (Lipinski definition) is 1. The molecular formula is C11H25NO. The summed E-state index contributed by atoms with van der Waals surface area (Å²) in [7, 11) is 0. The van der Waals surface area contributed by atoms with Crippen LogP contribution in [0, 0.1) is 11.3 Å². The second kappa shape index (κ2) is 6.39. The normalized spacial score (nSPS) is 12.5. The smallest absolute Gasteiger partial charge is 0.0591 e. The van der Waals surface area contributed by atoms with Gasteiger partial charge in [0, 0.05) is 19.7 Å². The molecule has 0 spiro atoms. The maximum absolute atomic E-state index is 5.45. The zero-order chi connectivity index (χ0) is 10.3. The van der Waals surface area contributed by atoms with Gasteiger partial charge in [0.1, 0.15) is 0 Å². The fourth-order valence-corrected chi connectivity index (χ4v) is 0.927. The van der Waals surface area contributed by atoms with E-state index in [4.69, 9.17) is 4.74 Å². The third-order valence-corrected chi connectivity index (χ3v) is 1.53. The summed E-state index contributed by atoms with van der Waals surface area (Å²) in [6, 6.07) is 0. The van der Waals surface area contributed by atoms with Crippen LogP contribution >= 0.6 is 0 Å². The summed E-state index contributed by atoms with van der Waals surface area (Å²) >= 11 is 0. The van der Waals surface area contributed by atoms with Crippen LogP contribution in [0.25, 0.3) is 0 Å². The van der Waals surface area contributed by atoms with Crippen molar-refractivity contribution in [1.82, 2.24) is 5.32 Å². The first-order valence-corrected chi connectivity index (χ1v) is 5.20. The van der Waals surface area contributed by atoms with E-state index >= 15 is 0 Å². The van der Waals surface area contributed by atoms with Gasteiger partial charge >= 0.3 is 0 Å². The van der Waals surface area contributed by atoms with Crippen molar-refractivity contribution in [2.24, 2.45) is 11.3 Å². The standard InChI is InChI=1S/C11H25NO/c1-10(2)8-13-7-6-12-9-11(3,4)5/h10,12H,6-9H2,1-5H3. The van der Waals surface area contributed by atoms with Crippen LogP contribution in [-0.4, -0.2) is 26.3 Å². The zero-order valence-electron chi connectivity index (χ0n) is 9.81. The minimum Gasteiger partial charge on any atom is -0.380 e. The summed E-state index contributed by atoms with van der Waals surface area (Å²) < 4.78 is 5.45. The van der Waals surface area contributed by atoms with Gasteiger partial charge in [-0.05, 0) is 11.3 Å². The molecule has 0 aliphatic rings. The van der Waals surface area contributed by atoms with Crippen LogP contribution in [-0.2, 0) is 4.74 Å². The van der Waals surface area contributed by atoms with Crippen molar-refractivity contribution in [3.05, 3.63) is 0 Å². The van der Waals surface area contributed by atoms with Gasteiger partial charge in [0.25, 0.3) is 0 Å². The summed E-state index contributed by atoms with van der Waals surface area (Å²) in [6.45, 7) is 14.7. The third kappa shape index (κ3) is 11.9. The van der Waals surface area contributed by atoms with Gasteiger partial charge in [-0.15, -0.1) is 0 Å². The Labute approximate surface area is 83.1 Å². The van der Waals surface area contributed by atoms with Gasteiger partial charge in [-0.25, -0.2) is 0 Å². The zero-order valence-corrected chi connectivity index (χ0v) is 9.81. The highest BCUT2D eigenvalue weighted by atomic mass is 16.5. The second-order valence-corrected chi connectivity index (χ2v) is 5.21. The molecule has 0 atom stereocenters. The van der Waals surface area contributed by atoms with E-state index in [1.54, 1.807) is 0 Å². The van der Waals surface area contributed by atoms with Crippen LogP contribution < -0.4 is 5.32 Å². The predicted octanol–water partition coefficient (Wildman–Crippen LogP) is 2.29. The number of ether oxygens (including phenoxy) is 1. The summed E-state index contributed by atoms with van der Waals surface area (Å²) in [6.07, 6.45) is 0. The van der Waals surface area contributed by atoms with Crippen molar-refractivity contribution in [2.45, 2.75) is 34.6 Å². The van der Waals surface area contributed by atoms with E-state index in [2.05, 4.69) is 39.9 Å². The molecule has 0 aromatic carbocycles. The van der Waals surface area contributed by atoms with Crippen LogP contribution in [0.2, 0.25) is 0 Å². The van der Waals surface area contributed by atoms with Crippen LogP contribution in [0.1, 0.15) is 34.6 Å². The molecule has 0 rings (SSSR count). The molecule has 13 heavy (non-hydrogen) atoms. The molecule has 2 nitrogen and oxygen atoms in total. The predicted molar refractivity (Wildman–Crippen MR) is 58.0 cm³/mol. The molecule has 0 aliphatic heterocycles. The highest BCUT2D eigenvalue weighted by molar-refractivity contribution is 4.64. The molecule has 0 saturated heterocycles. The Morgan fingerprint density at radius 1 is 1.23 bits per heavy atom. The van der Waals surface area contributed by atoms with Crippen molar-refractivity contribution in [2.75, 3.05) is 26.3 Å². The van der Waals surface area contributed by atoms with Gasteiger partial charge in [0.2, 0.25) is 0 Å². The second-order valence-electron chi connectivity index (χ2n) is 5.21. The lowest BCUT2D eigenvalue weighted by Crippen LogP contribution is -2.29. The molecule has 0 saturated carbocycles. The van der Waals surface area contributed by atoms with Gasteiger partial charge in [-0.3, -0.25) is 0 Å². The van der Waals surface area contributed by atoms with E-state index in [-0.39, 0.29) is 0 Å². The molecule has 0 amide bonds. The van der Waals surface area contributed by atoms with Crippen LogP contribution in [0.4, 0.5) is 0 Å². The van der Waals surface area contributed by atoms with Crippen LogP contribution in [0.5, 0.6) is 0 Å². The topological polar surface area (TPSA) is 21.3 Å². The van der Waals surface area contributed by atoms with E-state index in [1.165, 1.54) is 0 Å². The lowest BCUT2D eigenvalue weighted by atomic mass is 9.97. The largest absolute Gasteiger partial charge is 0.380 e. The maximum Gasteiger partial charge on any atom is 0.0591 e. The van der Waals surface area contributed by atoms with Crippen LogP contribution in [0.15, 0.2) is 0 Å². The molecule has 1 N–H and O–H groups in total. The lowest BCUT2D eigenvalue weighted by molar-refractivity contribution is 0.110. The van der Waals surface area contributed by atoms with Crippen molar-refractivity contribution in [3.63, 3.8) is 0 Å². The molecule has 80 valence electrons. The van der Waals surface area contributed by atoms with Crippen molar-refractivity contribution in [3.8, 4) is 0 Å². The molecule has 0 heterocycles. The van der Waals surface area contributed by atoms with E-state index in [9.17, 15) is 0 Å². The third-order valence-electron chi connectivity index (χ3n) is 1.53. The Kier molecular flexibility index (Phi) is 6.35. The fraction of sp³-hybridized carbons (Fsp3) is 1.00. The summed E-state index contributed by atoms with van der Waals surface area (Å²) in [5.74, 6) is 0.641. The molecule has 0 bridgehead atoms. The summed E-state index contributed by atoms with van der Waals surface area (Å²) in [4.78, 5) is 0. The lowest BCUT2D eigenvalue weighted by Gasteiger charge is -2.18. The highest BCUT2D eigenvalue weighted by Gasteiger charge is 2.08. The minimum atomic E-state index is 0.373. The Hall–Kier alpha value is -0.0800. The fourth-order valence-electron chi connectivity index (χ4n) is 0.927. The average Bonchev–Trinajstić information content (AvgIpc) is 1.93. The van der Waals surface area contributed by atoms with E-state index in [0.717, 1.165) is 26.3 Å². The van der Waals surface area contributed by atoms with Crippen molar-refractivity contribution >= 4 is 0 Å². The molecule has 0 aromatic rings. The Morgan fingerprint density at radius 3 is 2.31 bits per heavy atom. The van der Waals surface area contributed by atoms with Gasteiger partial charge in [-0.2, -0.15) is 0 Å². The molecule has 0 aliphatic carbocycles. The first-order chi connectivity index (χ1) is 5.92. The molecule has 0 radical (unpaired) electrons. The summed E-state index contributed by atoms with van der Waals surface area (Å²) in [5, 5.41) is 3.37. The summed E-state index contributed by atoms with van der Waals surface area (Å²) in [5.41, 5.74) is 0.373. The molecule has 0 fully saturated rings. The van der Waals surface area contributed by atoms with E-state index in [1.807, 2.05) is 0 Å². The number of rotatable bonds is 6. The SMILES string of the molecule is CC(C)COCCNCC(C)(C)C. The first-order valence-electron chi connectivity index (χ1n) is 5.20. The van der Waals surface area contributed by atoms with Gasteiger partial charge in [0.05, 0.1) is 6.61 Å². The highest BCUT2D eigenvalue weighted by Crippen LogP contribution is 2.09. The molecular weight excluding hydrogens is 162 g/mol. The first kappa shape index (κ1) is 12.9. The monoisotopic (exact) mass is 187 g/mol. The maximum atomic E-state index is 5.45. The van der Waals surface area contributed by atoms with Crippen molar-refractivity contribution < 1.29 is 4.74 Å². The van der Waals surface area contributed by atoms with Gasteiger partial charge < -0.3 is 10.1 Å². The quantitative estimate of drug-likeness (QED) is 0.644. The van der Waals surface area contributed by atoms with E-state index in [0.29, 0.717) is 11.3 Å². The molecule has 0 unspecified atom stereocenters.